The predicted octanol–water partition coefficient (Wildman–Crippen LogP) is 1.01. The molecular formula is C3H7OS2+. The van der Waals surface area contributed by atoms with Gasteiger partial charge in [-0.3, -0.25) is 0 Å². The molecule has 0 N–H and O–H groups in total. The molecule has 0 aromatic carbocycles. The maximum Gasteiger partial charge on any atom is 0.358 e. The van der Waals surface area contributed by atoms with Crippen molar-refractivity contribution in [1.82, 2.24) is 0 Å². The molecule has 0 rings (SSSR count). The lowest BCUT2D eigenvalue weighted by molar-refractivity contribution is 0.114. The highest BCUT2D eigenvalue weighted by Gasteiger charge is 1.90. The molecule has 0 saturated heterocycles. The Balaban J connectivity index is 3.26. The second-order valence-corrected chi connectivity index (χ2v) is 2.16. The van der Waals surface area contributed by atoms with Crippen LogP contribution in [0.5, 0.6) is 0 Å². The van der Waals surface area contributed by atoms with Crippen LogP contribution in [-0.2, 0) is 4.37 Å². The van der Waals surface area contributed by atoms with Crippen LogP contribution in [0.4, 0.5) is 0 Å². The molecular weight excluding hydrogens is 116 g/mol. The van der Waals surface area contributed by atoms with E-state index in [1.54, 1.807) is 14.2 Å². The highest BCUT2D eigenvalue weighted by Crippen LogP contribution is 1.90. The molecule has 0 bridgehead atoms. The summed E-state index contributed by atoms with van der Waals surface area (Å²) in [6.07, 6.45) is 0. The summed E-state index contributed by atoms with van der Waals surface area (Å²) in [6.45, 7) is 0. The average molecular weight is 123 g/mol. The van der Waals surface area contributed by atoms with Crippen LogP contribution in [0.2, 0.25) is 0 Å². The van der Waals surface area contributed by atoms with Gasteiger partial charge in [0.15, 0.2) is 14.2 Å². The Morgan fingerprint density at radius 3 is 1.83 bits per heavy atom. The van der Waals surface area contributed by atoms with E-state index in [9.17, 15) is 0 Å². The normalized spacial score (nSPS) is 7.83. The molecule has 0 aromatic heterocycles. The summed E-state index contributed by atoms with van der Waals surface area (Å²) in [5, 5.41) is 0. The number of thiol groups is 1. The molecule has 0 spiro atoms. The maximum atomic E-state index is 4.57. The Morgan fingerprint density at radius 2 is 1.83 bits per heavy atom. The second kappa shape index (κ2) is 2.42. The highest BCUT2D eigenvalue weighted by atomic mass is 32.1. The van der Waals surface area contributed by atoms with Gasteiger partial charge in [-0.25, -0.2) is 0 Å². The quantitative estimate of drug-likeness (QED) is 0.286. The van der Waals surface area contributed by atoms with Crippen LogP contribution in [0.15, 0.2) is 0 Å². The van der Waals surface area contributed by atoms with E-state index in [1.165, 1.54) is 0 Å². The molecule has 3 heteroatoms. The summed E-state index contributed by atoms with van der Waals surface area (Å²) >= 11 is 8.39. The van der Waals surface area contributed by atoms with E-state index in [4.69, 9.17) is 0 Å². The fourth-order valence-corrected chi connectivity index (χ4v) is 0. The predicted molar refractivity (Wildman–Crippen MR) is 34.5 cm³/mol. The van der Waals surface area contributed by atoms with Crippen LogP contribution in [-0.4, -0.2) is 18.6 Å². The Morgan fingerprint density at radius 1 is 1.67 bits per heavy atom. The van der Waals surface area contributed by atoms with Crippen molar-refractivity contribution in [3.63, 3.8) is 0 Å². The van der Waals surface area contributed by atoms with Crippen molar-refractivity contribution in [2.45, 2.75) is 0 Å². The van der Waals surface area contributed by atoms with E-state index >= 15 is 0 Å². The standard InChI is InChI=1S/C3H6OS2/c1-4(2)3(5)6/h1-2H3/p+1. The highest BCUT2D eigenvalue weighted by molar-refractivity contribution is 8.10. The smallest absolute Gasteiger partial charge is 0.358 e. The zero-order valence-electron chi connectivity index (χ0n) is 3.76. The van der Waals surface area contributed by atoms with Crippen LogP contribution in [0.1, 0.15) is 0 Å². The van der Waals surface area contributed by atoms with Crippen LogP contribution in [0.3, 0.4) is 0 Å². The molecule has 0 atom stereocenters. The van der Waals surface area contributed by atoms with Gasteiger partial charge in [-0.1, -0.05) is 0 Å². The van der Waals surface area contributed by atoms with Gasteiger partial charge in [0.25, 0.3) is 0 Å². The summed E-state index contributed by atoms with van der Waals surface area (Å²) in [7, 11) is 3.55. The summed E-state index contributed by atoms with van der Waals surface area (Å²) in [5.74, 6) is 0. The summed E-state index contributed by atoms with van der Waals surface area (Å²) in [4.78, 5) is 0. The first-order valence-corrected chi connectivity index (χ1v) is 2.30. The largest absolute Gasteiger partial charge is 0.563 e. The van der Waals surface area contributed by atoms with Gasteiger partial charge < -0.3 is 4.37 Å². The van der Waals surface area contributed by atoms with Crippen molar-refractivity contribution in [2.24, 2.45) is 0 Å². The minimum absolute atomic E-state index is 0.537. The number of hydrogen-bond acceptors (Lipinski definition) is 1. The minimum Gasteiger partial charge on any atom is -0.563 e. The minimum atomic E-state index is 0.537. The van der Waals surface area contributed by atoms with Gasteiger partial charge in [0.2, 0.25) is 0 Å². The van der Waals surface area contributed by atoms with E-state index < -0.39 is 0 Å². The van der Waals surface area contributed by atoms with Crippen molar-refractivity contribution in [3.8, 4) is 0 Å². The monoisotopic (exact) mass is 123 g/mol. The van der Waals surface area contributed by atoms with Gasteiger partial charge in [0.05, 0.1) is 0 Å². The van der Waals surface area contributed by atoms with Crippen molar-refractivity contribution < 1.29 is 4.37 Å². The molecule has 0 fully saturated rings. The number of thiocarbonyl (C=S) groups is 1. The first kappa shape index (κ1) is 6.24. The molecule has 0 saturated carbocycles. The number of rotatable bonds is 0. The molecule has 0 aliphatic rings. The molecule has 1 nitrogen and oxygen atoms in total. The SMILES string of the molecule is C[O+](C)C(=S)S. The molecule has 0 radical (unpaired) electrons. The van der Waals surface area contributed by atoms with E-state index in [2.05, 4.69) is 29.2 Å². The summed E-state index contributed by atoms with van der Waals surface area (Å²) in [5.41, 5.74) is 0. The second-order valence-electron chi connectivity index (χ2n) is 1.08. The zero-order chi connectivity index (χ0) is 5.15. The molecule has 36 valence electrons. The van der Waals surface area contributed by atoms with E-state index in [0.717, 1.165) is 0 Å². The fourth-order valence-electron chi connectivity index (χ4n) is 0. The molecule has 0 unspecified atom stereocenters. The summed E-state index contributed by atoms with van der Waals surface area (Å²) < 4.78 is 2.96. The van der Waals surface area contributed by atoms with Gasteiger partial charge in [-0.05, 0) is 12.6 Å². The lowest BCUT2D eigenvalue weighted by Gasteiger charge is -2.06. The fraction of sp³-hybridized carbons (Fsp3) is 0.667. The van der Waals surface area contributed by atoms with Gasteiger partial charge >= 0.3 is 4.38 Å². The molecule has 6 heavy (non-hydrogen) atoms. The Kier molecular flexibility index (Phi) is 2.52. The zero-order valence-corrected chi connectivity index (χ0v) is 5.47. The molecule has 0 aliphatic carbocycles. The lowest BCUT2D eigenvalue weighted by atomic mass is 11.3. The third kappa shape index (κ3) is 2.48. The van der Waals surface area contributed by atoms with Crippen molar-refractivity contribution in [2.75, 3.05) is 14.2 Å². The Hall–Kier alpha value is 0.240. The molecule has 0 aliphatic heterocycles. The van der Waals surface area contributed by atoms with Crippen molar-refractivity contribution in [1.29, 1.82) is 0 Å². The van der Waals surface area contributed by atoms with Crippen LogP contribution < -0.4 is 0 Å². The van der Waals surface area contributed by atoms with E-state index in [0.29, 0.717) is 4.38 Å². The number of hydrogen-bond donors (Lipinski definition) is 1. The third-order valence-corrected chi connectivity index (χ3v) is 1.05. The summed E-state index contributed by atoms with van der Waals surface area (Å²) in [6, 6.07) is 0. The van der Waals surface area contributed by atoms with Crippen molar-refractivity contribution >= 4 is 29.2 Å². The van der Waals surface area contributed by atoms with Crippen LogP contribution >= 0.6 is 24.8 Å². The molecule has 0 heterocycles. The third-order valence-electron chi connectivity index (χ3n) is 0.349. The Labute approximate surface area is 48.4 Å². The van der Waals surface area contributed by atoms with Gasteiger partial charge in [0, 0.05) is 12.2 Å². The first-order valence-electron chi connectivity index (χ1n) is 1.45. The van der Waals surface area contributed by atoms with Gasteiger partial charge in [-0.15, -0.1) is 0 Å². The van der Waals surface area contributed by atoms with Crippen molar-refractivity contribution in [3.05, 3.63) is 0 Å². The van der Waals surface area contributed by atoms with Crippen LogP contribution in [0.25, 0.3) is 0 Å². The molecule has 0 aromatic rings. The van der Waals surface area contributed by atoms with E-state index in [-0.39, 0.29) is 0 Å². The topological polar surface area (TPSA) is 2.70 Å². The lowest BCUT2D eigenvalue weighted by Crippen LogP contribution is -2.02. The van der Waals surface area contributed by atoms with E-state index in [1.807, 2.05) is 0 Å². The van der Waals surface area contributed by atoms with Gasteiger partial charge in [0.1, 0.15) is 0 Å². The van der Waals surface area contributed by atoms with Crippen LogP contribution in [0, 0.1) is 0 Å². The van der Waals surface area contributed by atoms with Gasteiger partial charge in [-0.2, -0.15) is 0 Å². The first-order chi connectivity index (χ1) is 2.64. The molecule has 0 amide bonds. The average Bonchev–Trinajstić information content (AvgIpc) is 1.36. The Bertz CT molecular complexity index is 59.8. The maximum absolute atomic E-state index is 4.57.